The first kappa shape index (κ1) is 11.4. The summed E-state index contributed by atoms with van der Waals surface area (Å²) in [6.07, 6.45) is 2.67. The number of hydrogen-bond donors (Lipinski definition) is 1. The van der Waals surface area contributed by atoms with E-state index in [1.54, 1.807) is 0 Å². The largest absolute Gasteiger partial charge is 0.407 e. The molecule has 1 aromatic heterocycles. The highest BCUT2D eigenvalue weighted by atomic mass is 16.4. The molecule has 2 rings (SSSR count). The van der Waals surface area contributed by atoms with Crippen molar-refractivity contribution in [3.63, 3.8) is 0 Å². The molecule has 1 fully saturated rings. The molecule has 1 aliphatic rings. The minimum absolute atomic E-state index is 0.430. The Bertz CT molecular complexity index is 332. The Morgan fingerprint density at radius 1 is 1.44 bits per heavy atom. The molecular formula is C11H20N4O. The fourth-order valence-electron chi connectivity index (χ4n) is 1.53. The van der Waals surface area contributed by atoms with E-state index in [4.69, 9.17) is 4.42 Å². The van der Waals surface area contributed by atoms with Crippen molar-refractivity contribution in [3.05, 3.63) is 5.89 Å². The number of nitrogens with zero attached hydrogens (tertiary/aromatic N) is 3. The van der Waals surface area contributed by atoms with Crippen LogP contribution in [0.15, 0.2) is 4.42 Å². The van der Waals surface area contributed by atoms with Crippen molar-refractivity contribution in [1.82, 2.24) is 15.5 Å². The summed E-state index contributed by atoms with van der Waals surface area (Å²) in [6, 6.07) is 1.06. The van der Waals surface area contributed by atoms with Crippen molar-refractivity contribution in [1.29, 1.82) is 0 Å². The molecular weight excluding hydrogens is 204 g/mol. The van der Waals surface area contributed by atoms with Crippen molar-refractivity contribution in [2.75, 3.05) is 18.5 Å². The fourth-order valence-corrected chi connectivity index (χ4v) is 1.53. The molecule has 1 aromatic rings. The van der Waals surface area contributed by atoms with Crippen molar-refractivity contribution in [2.45, 2.75) is 39.3 Å². The van der Waals surface area contributed by atoms with E-state index in [2.05, 4.69) is 29.4 Å². The second kappa shape index (κ2) is 4.82. The molecule has 0 aliphatic heterocycles. The van der Waals surface area contributed by atoms with E-state index < -0.39 is 0 Å². The van der Waals surface area contributed by atoms with Crippen LogP contribution in [0.3, 0.4) is 0 Å². The third-order valence-electron chi connectivity index (χ3n) is 2.67. The molecule has 16 heavy (non-hydrogen) atoms. The first-order chi connectivity index (χ1) is 7.65. The maximum atomic E-state index is 5.57. The van der Waals surface area contributed by atoms with Gasteiger partial charge < -0.3 is 14.6 Å². The summed E-state index contributed by atoms with van der Waals surface area (Å²) < 4.78 is 5.57. The number of anilines is 1. The van der Waals surface area contributed by atoms with Crippen LogP contribution in [0.2, 0.25) is 0 Å². The van der Waals surface area contributed by atoms with E-state index in [0.717, 1.165) is 12.5 Å². The minimum Gasteiger partial charge on any atom is -0.407 e. The van der Waals surface area contributed by atoms with Crippen LogP contribution in [0, 0.1) is 5.92 Å². The predicted octanol–water partition coefficient (Wildman–Crippen LogP) is 1.41. The van der Waals surface area contributed by atoms with Gasteiger partial charge in [0, 0.05) is 19.6 Å². The summed E-state index contributed by atoms with van der Waals surface area (Å²) in [5.41, 5.74) is 0. The molecule has 1 heterocycles. The van der Waals surface area contributed by atoms with E-state index in [1.165, 1.54) is 12.8 Å². The quantitative estimate of drug-likeness (QED) is 0.792. The molecule has 1 N–H and O–H groups in total. The average Bonchev–Trinajstić information content (AvgIpc) is 2.92. The SMILES string of the molecule is CC(C)NCc1nnc(N(C)CC2CC2)o1. The van der Waals surface area contributed by atoms with Crippen LogP contribution in [-0.4, -0.2) is 29.8 Å². The molecule has 0 saturated heterocycles. The topological polar surface area (TPSA) is 54.2 Å². The zero-order chi connectivity index (χ0) is 11.5. The summed E-state index contributed by atoms with van der Waals surface area (Å²) in [6.45, 7) is 5.86. The van der Waals surface area contributed by atoms with Gasteiger partial charge in [0.15, 0.2) is 0 Å². The summed E-state index contributed by atoms with van der Waals surface area (Å²) in [5.74, 6) is 1.49. The Morgan fingerprint density at radius 2 is 2.19 bits per heavy atom. The van der Waals surface area contributed by atoms with E-state index >= 15 is 0 Å². The van der Waals surface area contributed by atoms with Gasteiger partial charge in [-0.1, -0.05) is 18.9 Å². The lowest BCUT2D eigenvalue weighted by Crippen LogP contribution is -2.22. The number of aromatic nitrogens is 2. The second-order valence-electron chi connectivity index (χ2n) is 4.84. The van der Waals surface area contributed by atoms with E-state index in [1.807, 2.05) is 11.9 Å². The lowest BCUT2D eigenvalue weighted by Gasteiger charge is -2.12. The predicted molar refractivity (Wildman–Crippen MR) is 62.3 cm³/mol. The van der Waals surface area contributed by atoms with Crippen LogP contribution in [-0.2, 0) is 6.54 Å². The molecule has 5 heteroatoms. The maximum Gasteiger partial charge on any atom is 0.317 e. The molecule has 0 radical (unpaired) electrons. The summed E-state index contributed by atoms with van der Waals surface area (Å²) in [7, 11) is 2.01. The lowest BCUT2D eigenvalue weighted by atomic mass is 10.4. The summed E-state index contributed by atoms with van der Waals surface area (Å²) in [5, 5.41) is 11.3. The van der Waals surface area contributed by atoms with Gasteiger partial charge in [-0.2, -0.15) is 0 Å². The van der Waals surface area contributed by atoms with Crippen molar-refractivity contribution in [3.8, 4) is 0 Å². The smallest absolute Gasteiger partial charge is 0.317 e. The molecule has 0 amide bonds. The lowest BCUT2D eigenvalue weighted by molar-refractivity contribution is 0.448. The van der Waals surface area contributed by atoms with Crippen molar-refractivity contribution in [2.24, 2.45) is 5.92 Å². The Balaban J connectivity index is 1.85. The van der Waals surface area contributed by atoms with Gasteiger partial charge >= 0.3 is 6.01 Å². The van der Waals surface area contributed by atoms with Crippen molar-refractivity contribution < 1.29 is 4.42 Å². The van der Waals surface area contributed by atoms with Crippen LogP contribution in [0.25, 0.3) is 0 Å². The highest BCUT2D eigenvalue weighted by Crippen LogP contribution is 2.30. The van der Waals surface area contributed by atoms with Gasteiger partial charge in [-0.15, -0.1) is 5.10 Å². The van der Waals surface area contributed by atoms with Gasteiger partial charge in [-0.25, -0.2) is 0 Å². The summed E-state index contributed by atoms with van der Waals surface area (Å²) in [4.78, 5) is 2.05. The van der Waals surface area contributed by atoms with Gasteiger partial charge in [-0.05, 0) is 18.8 Å². The molecule has 0 unspecified atom stereocenters. The van der Waals surface area contributed by atoms with Crippen LogP contribution in [0.5, 0.6) is 0 Å². The highest BCUT2D eigenvalue weighted by molar-refractivity contribution is 5.22. The number of rotatable bonds is 6. The third-order valence-corrected chi connectivity index (χ3v) is 2.67. The van der Waals surface area contributed by atoms with E-state index in [-0.39, 0.29) is 0 Å². The van der Waals surface area contributed by atoms with Crippen LogP contribution in [0.4, 0.5) is 6.01 Å². The van der Waals surface area contributed by atoms with Crippen LogP contribution in [0.1, 0.15) is 32.6 Å². The fraction of sp³-hybridized carbons (Fsp3) is 0.818. The second-order valence-corrected chi connectivity index (χ2v) is 4.84. The van der Waals surface area contributed by atoms with Crippen LogP contribution < -0.4 is 10.2 Å². The Hall–Kier alpha value is -1.10. The normalized spacial score (nSPS) is 15.8. The molecule has 5 nitrogen and oxygen atoms in total. The third kappa shape index (κ3) is 3.20. The zero-order valence-electron chi connectivity index (χ0n) is 10.2. The molecule has 1 aliphatic carbocycles. The zero-order valence-corrected chi connectivity index (χ0v) is 10.2. The first-order valence-corrected chi connectivity index (χ1v) is 5.92. The Labute approximate surface area is 96.2 Å². The van der Waals surface area contributed by atoms with E-state index in [9.17, 15) is 0 Å². The average molecular weight is 224 g/mol. The van der Waals surface area contributed by atoms with Gasteiger partial charge in [0.2, 0.25) is 5.89 Å². The summed E-state index contributed by atoms with van der Waals surface area (Å²) >= 11 is 0. The molecule has 1 saturated carbocycles. The Kier molecular flexibility index (Phi) is 3.43. The number of hydrogen-bond acceptors (Lipinski definition) is 5. The molecule has 0 bridgehead atoms. The van der Waals surface area contributed by atoms with E-state index in [0.29, 0.717) is 24.5 Å². The van der Waals surface area contributed by atoms with Crippen molar-refractivity contribution >= 4 is 6.01 Å². The van der Waals surface area contributed by atoms with Gasteiger partial charge in [0.1, 0.15) is 0 Å². The standard InChI is InChI=1S/C11H20N4O/c1-8(2)12-6-10-13-14-11(16-10)15(3)7-9-4-5-9/h8-9,12H,4-7H2,1-3H3. The monoisotopic (exact) mass is 224 g/mol. The molecule has 0 spiro atoms. The minimum atomic E-state index is 0.430. The van der Waals surface area contributed by atoms with Gasteiger partial charge in [0.05, 0.1) is 6.54 Å². The number of nitrogens with one attached hydrogen (secondary N) is 1. The van der Waals surface area contributed by atoms with Gasteiger partial charge in [-0.3, -0.25) is 0 Å². The Morgan fingerprint density at radius 3 is 2.81 bits per heavy atom. The van der Waals surface area contributed by atoms with Crippen LogP contribution >= 0.6 is 0 Å². The highest BCUT2D eigenvalue weighted by Gasteiger charge is 2.24. The molecule has 90 valence electrons. The van der Waals surface area contributed by atoms with Gasteiger partial charge in [0.25, 0.3) is 0 Å². The first-order valence-electron chi connectivity index (χ1n) is 5.92. The molecule has 0 atom stereocenters. The molecule has 0 aromatic carbocycles. The maximum absolute atomic E-state index is 5.57.